The summed E-state index contributed by atoms with van der Waals surface area (Å²) < 4.78 is 36.4. The monoisotopic (exact) mass is 365 g/mol. The van der Waals surface area contributed by atoms with E-state index in [2.05, 4.69) is 15.9 Å². The summed E-state index contributed by atoms with van der Waals surface area (Å²) in [5.74, 6) is 0. The van der Waals surface area contributed by atoms with Crippen molar-refractivity contribution in [2.24, 2.45) is 0 Å². The minimum absolute atomic E-state index is 0.286. The van der Waals surface area contributed by atoms with Crippen LogP contribution in [0, 0.1) is 0 Å². The summed E-state index contributed by atoms with van der Waals surface area (Å²) in [6.45, 7) is 1.32. The van der Waals surface area contributed by atoms with E-state index in [1.807, 2.05) is 0 Å². The first-order valence-corrected chi connectivity index (χ1v) is 8.75. The number of nitrogens with zero attached hydrogens (tertiary/aromatic N) is 1. The van der Waals surface area contributed by atoms with E-state index in [9.17, 15) is 8.42 Å². The highest BCUT2D eigenvalue weighted by Gasteiger charge is 2.23. The Balaban J connectivity index is 2.94. The molecule has 0 aliphatic heterocycles. The molecule has 0 unspecified atom stereocenters. The van der Waals surface area contributed by atoms with Crippen molar-refractivity contribution in [2.75, 3.05) is 40.5 Å². The topological polar surface area (TPSA) is 55.8 Å². The Hall–Kier alpha value is -0.470. The number of ether oxygens (including phenoxy) is 2. The lowest BCUT2D eigenvalue weighted by atomic mass is 10.2. The predicted molar refractivity (Wildman–Crippen MR) is 81.6 cm³/mol. The number of methoxy groups -OCH3 is 2. The Morgan fingerprint density at radius 2 is 1.55 bits per heavy atom. The first kappa shape index (κ1) is 17.6. The highest BCUT2D eigenvalue weighted by atomic mass is 79.9. The molecule has 0 aromatic heterocycles. The Kier molecular flexibility index (Phi) is 7.68. The van der Waals surface area contributed by atoms with Crippen LogP contribution in [0.4, 0.5) is 0 Å². The molecule has 0 aliphatic rings. The number of alkyl halides is 1. The molecule has 0 bridgehead atoms. The van der Waals surface area contributed by atoms with Gasteiger partial charge in [0.2, 0.25) is 10.0 Å². The number of benzene rings is 1. The molecule has 0 aliphatic carbocycles. The quantitative estimate of drug-likeness (QED) is 0.626. The second-order valence-corrected chi connectivity index (χ2v) is 6.67. The molecule has 0 atom stereocenters. The minimum atomic E-state index is -3.51. The number of sulfonamides is 1. The van der Waals surface area contributed by atoms with Gasteiger partial charge in [0.15, 0.2) is 0 Å². The van der Waals surface area contributed by atoms with E-state index in [0.717, 1.165) is 5.56 Å². The number of hydrogen-bond acceptors (Lipinski definition) is 4. The van der Waals surface area contributed by atoms with Gasteiger partial charge in [0.25, 0.3) is 0 Å². The van der Waals surface area contributed by atoms with Gasteiger partial charge < -0.3 is 9.47 Å². The second kappa shape index (κ2) is 8.74. The van der Waals surface area contributed by atoms with Gasteiger partial charge in [-0.1, -0.05) is 28.1 Å². The molecular formula is C13H20BrNO4S. The summed E-state index contributed by atoms with van der Waals surface area (Å²) in [6, 6.07) is 6.84. The van der Waals surface area contributed by atoms with Gasteiger partial charge in [-0.2, -0.15) is 4.31 Å². The van der Waals surface area contributed by atoms with Gasteiger partial charge in [0.1, 0.15) is 0 Å². The highest BCUT2D eigenvalue weighted by Crippen LogP contribution is 2.17. The Bertz CT molecular complexity index is 482. The van der Waals surface area contributed by atoms with Crippen LogP contribution in [0.1, 0.15) is 5.56 Å². The molecule has 0 radical (unpaired) electrons. The second-order valence-electron chi connectivity index (χ2n) is 4.17. The lowest BCUT2D eigenvalue weighted by molar-refractivity contribution is 0.150. The van der Waals surface area contributed by atoms with Gasteiger partial charge in [-0.05, 0) is 17.7 Å². The minimum Gasteiger partial charge on any atom is -0.383 e. The summed E-state index contributed by atoms with van der Waals surface area (Å²) in [5, 5.41) is 0.699. The van der Waals surface area contributed by atoms with Gasteiger partial charge in [-0.3, -0.25) is 0 Å². The fourth-order valence-corrected chi connectivity index (χ4v) is 3.42. The summed E-state index contributed by atoms with van der Waals surface area (Å²) in [4.78, 5) is 0.286. The largest absolute Gasteiger partial charge is 0.383 e. The lowest BCUT2D eigenvalue weighted by Gasteiger charge is -2.21. The molecule has 0 spiro atoms. The number of rotatable bonds is 9. The van der Waals surface area contributed by atoms with Crippen molar-refractivity contribution in [1.29, 1.82) is 0 Å². The van der Waals surface area contributed by atoms with Crippen LogP contribution < -0.4 is 0 Å². The molecule has 0 saturated heterocycles. The van der Waals surface area contributed by atoms with E-state index in [4.69, 9.17) is 9.47 Å². The maximum absolute atomic E-state index is 12.5. The van der Waals surface area contributed by atoms with E-state index < -0.39 is 10.0 Å². The summed E-state index contributed by atoms with van der Waals surface area (Å²) >= 11 is 3.34. The number of halogens is 1. The van der Waals surface area contributed by atoms with E-state index in [0.29, 0.717) is 31.6 Å². The average molecular weight is 366 g/mol. The molecule has 0 fully saturated rings. The molecule has 0 heterocycles. The molecular weight excluding hydrogens is 346 g/mol. The standard InChI is InChI=1S/C13H20BrNO4S/c1-18-9-7-15(8-10-19-2)20(16,17)13-5-3-12(11-14)4-6-13/h3-6H,7-11H2,1-2H3. The van der Waals surface area contributed by atoms with Crippen molar-refractivity contribution in [3.05, 3.63) is 29.8 Å². The Morgan fingerprint density at radius 3 is 1.95 bits per heavy atom. The van der Waals surface area contributed by atoms with Crippen molar-refractivity contribution in [2.45, 2.75) is 10.2 Å². The van der Waals surface area contributed by atoms with Crippen LogP contribution in [0.3, 0.4) is 0 Å². The third-order valence-corrected chi connectivity index (χ3v) is 5.37. The zero-order valence-electron chi connectivity index (χ0n) is 11.7. The van der Waals surface area contributed by atoms with E-state index >= 15 is 0 Å². The molecule has 0 N–H and O–H groups in total. The first-order valence-electron chi connectivity index (χ1n) is 6.19. The number of hydrogen-bond donors (Lipinski definition) is 0. The van der Waals surface area contributed by atoms with Crippen LogP contribution in [-0.2, 0) is 24.8 Å². The molecule has 5 nitrogen and oxygen atoms in total. The smallest absolute Gasteiger partial charge is 0.243 e. The van der Waals surface area contributed by atoms with Gasteiger partial charge in [-0.15, -0.1) is 0 Å². The summed E-state index contributed by atoms with van der Waals surface area (Å²) in [5.41, 5.74) is 1.03. The van der Waals surface area contributed by atoms with Crippen LogP contribution in [-0.4, -0.2) is 53.2 Å². The van der Waals surface area contributed by atoms with Crippen molar-refractivity contribution in [3.8, 4) is 0 Å². The highest BCUT2D eigenvalue weighted by molar-refractivity contribution is 9.08. The molecule has 1 aromatic rings. The molecule has 1 rings (SSSR count). The maximum atomic E-state index is 12.5. The molecule has 114 valence electrons. The molecule has 0 saturated carbocycles. The maximum Gasteiger partial charge on any atom is 0.243 e. The predicted octanol–water partition coefficient (Wildman–Crippen LogP) is 1.86. The van der Waals surface area contributed by atoms with Gasteiger partial charge >= 0.3 is 0 Å². The van der Waals surface area contributed by atoms with Crippen LogP contribution in [0.15, 0.2) is 29.2 Å². The van der Waals surface area contributed by atoms with Crippen LogP contribution in [0.2, 0.25) is 0 Å². The summed E-state index contributed by atoms with van der Waals surface area (Å²) in [7, 11) is -0.417. The van der Waals surface area contributed by atoms with Crippen molar-refractivity contribution >= 4 is 26.0 Å². The Labute approximate surface area is 129 Å². The van der Waals surface area contributed by atoms with E-state index in [1.165, 1.54) is 4.31 Å². The van der Waals surface area contributed by atoms with Crippen molar-refractivity contribution in [1.82, 2.24) is 4.31 Å². The van der Waals surface area contributed by atoms with Gasteiger partial charge in [-0.25, -0.2) is 8.42 Å². The lowest BCUT2D eigenvalue weighted by Crippen LogP contribution is -2.36. The third-order valence-electron chi connectivity index (χ3n) is 2.81. The first-order chi connectivity index (χ1) is 9.56. The van der Waals surface area contributed by atoms with Crippen LogP contribution in [0.5, 0.6) is 0 Å². The zero-order chi connectivity index (χ0) is 15.0. The SMILES string of the molecule is COCCN(CCOC)S(=O)(=O)c1ccc(CBr)cc1. The molecule has 20 heavy (non-hydrogen) atoms. The van der Waals surface area contributed by atoms with Gasteiger partial charge in [0.05, 0.1) is 18.1 Å². The average Bonchev–Trinajstić information content (AvgIpc) is 2.47. The van der Waals surface area contributed by atoms with E-state index in [-0.39, 0.29) is 4.90 Å². The molecule has 7 heteroatoms. The van der Waals surface area contributed by atoms with E-state index in [1.54, 1.807) is 38.5 Å². The summed E-state index contributed by atoms with van der Waals surface area (Å²) in [6.07, 6.45) is 0. The van der Waals surface area contributed by atoms with Crippen molar-refractivity contribution < 1.29 is 17.9 Å². The third kappa shape index (κ3) is 4.82. The molecule has 0 amide bonds. The fourth-order valence-electron chi connectivity index (χ4n) is 1.64. The molecule has 1 aromatic carbocycles. The van der Waals surface area contributed by atoms with Crippen LogP contribution in [0.25, 0.3) is 0 Å². The van der Waals surface area contributed by atoms with Gasteiger partial charge in [0, 0.05) is 32.6 Å². The van der Waals surface area contributed by atoms with Crippen LogP contribution >= 0.6 is 15.9 Å². The zero-order valence-corrected chi connectivity index (χ0v) is 14.1. The Morgan fingerprint density at radius 1 is 1.05 bits per heavy atom. The normalized spacial score (nSPS) is 12.0. The fraction of sp³-hybridized carbons (Fsp3) is 0.538. The van der Waals surface area contributed by atoms with Crippen molar-refractivity contribution in [3.63, 3.8) is 0 Å².